The molecule has 0 atom stereocenters. The largest absolute Gasteiger partial charge is 0.481 e. The van der Waals surface area contributed by atoms with Gasteiger partial charge in [0, 0.05) is 25.4 Å². The normalized spacial score (nSPS) is 15.4. The van der Waals surface area contributed by atoms with Crippen molar-refractivity contribution < 1.29 is 19.8 Å². The molecule has 0 heterocycles. The van der Waals surface area contributed by atoms with Gasteiger partial charge in [-0.15, -0.1) is 0 Å². The van der Waals surface area contributed by atoms with E-state index in [2.05, 4.69) is 0 Å². The minimum absolute atomic E-state index is 0.00261. The average molecular weight is 243 g/mol. The van der Waals surface area contributed by atoms with Crippen LogP contribution in [-0.2, 0) is 9.59 Å². The Kier molecular flexibility index (Phi) is 5.97. The minimum Gasteiger partial charge on any atom is -0.481 e. The first-order chi connectivity index (χ1) is 8.15. The van der Waals surface area contributed by atoms with Crippen molar-refractivity contribution in [2.45, 2.75) is 51.0 Å². The summed E-state index contributed by atoms with van der Waals surface area (Å²) in [7, 11) is 0. The summed E-state index contributed by atoms with van der Waals surface area (Å²) in [5, 5.41) is 17.4. The number of amides is 1. The molecule has 0 aliphatic heterocycles. The fourth-order valence-corrected chi connectivity index (χ4v) is 2.01. The summed E-state index contributed by atoms with van der Waals surface area (Å²) in [4.78, 5) is 23.9. The highest BCUT2D eigenvalue weighted by molar-refractivity contribution is 5.76. The first-order valence-corrected chi connectivity index (χ1v) is 6.27. The first-order valence-electron chi connectivity index (χ1n) is 6.27. The molecule has 17 heavy (non-hydrogen) atoms. The lowest BCUT2D eigenvalue weighted by molar-refractivity contribution is -0.138. The fourth-order valence-electron chi connectivity index (χ4n) is 2.01. The molecule has 5 heteroatoms. The van der Waals surface area contributed by atoms with Gasteiger partial charge in [0.15, 0.2) is 0 Å². The number of unbranched alkanes of at least 4 members (excludes halogenated alkanes) is 1. The monoisotopic (exact) mass is 243 g/mol. The van der Waals surface area contributed by atoms with Gasteiger partial charge >= 0.3 is 5.97 Å². The second-order valence-electron chi connectivity index (χ2n) is 4.50. The van der Waals surface area contributed by atoms with Crippen molar-refractivity contribution in [3.8, 4) is 0 Å². The second kappa shape index (κ2) is 7.27. The number of carboxylic acid groups (broad SMARTS) is 1. The molecule has 0 aromatic heterocycles. The Morgan fingerprint density at radius 2 is 1.82 bits per heavy atom. The van der Waals surface area contributed by atoms with Crippen LogP contribution in [0.4, 0.5) is 0 Å². The molecule has 0 aromatic carbocycles. The first kappa shape index (κ1) is 14.0. The molecule has 0 bridgehead atoms. The van der Waals surface area contributed by atoms with Gasteiger partial charge in [-0.2, -0.15) is 0 Å². The van der Waals surface area contributed by atoms with Crippen LogP contribution in [0.5, 0.6) is 0 Å². The Bertz CT molecular complexity index is 263. The van der Waals surface area contributed by atoms with Crippen LogP contribution in [0.3, 0.4) is 0 Å². The van der Waals surface area contributed by atoms with Crippen LogP contribution in [0.2, 0.25) is 0 Å². The molecule has 1 saturated carbocycles. The number of carbonyl (C=O) groups is 2. The Morgan fingerprint density at radius 3 is 2.29 bits per heavy atom. The number of aliphatic carboxylic acids is 1. The molecule has 0 spiro atoms. The van der Waals surface area contributed by atoms with Gasteiger partial charge in [-0.3, -0.25) is 9.59 Å². The molecule has 1 rings (SSSR count). The number of nitrogens with zero attached hydrogens (tertiary/aromatic N) is 1. The van der Waals surface area contributed by atoms with Gasteiger partial charge < -0.3 is 15.1 Å². The highest BCUT2D eigenvalue weighted by Gasteiger charge is 2.27. The lowest BCUT2D eigenvalue weighted by atomic mass is 9.91. The third kappa shape index (κ3) is 4.73. The van der Waals surface area contributed by atoms with Gasteiger partial charge in [0.1, 0.15) is 0 Å². The lowest BCUT2D eigenvalue weighted by Gasteiger charge is -2.37. The van der Waals surface area contributed by atoms with E-state index in [1.165, 1.54) is 0 Å². The maximum absolute atomic E-state index is 11.9. The van der Waals surface area contributed by atoms with Gasteiger partial charge in [-0.05, 0) is 32.1 Å². The molecule has 0 radical (unpaired) electrons. The Morgan fingerprint density at radius 1 is 1.18 bits per heavy atom. The molecule has 1 fully saturated rings. The van der Waals surface area contributed by atoms with Crippen molar-refractivity contribution in [2.24, 2.45) is 0 Å². The van der Waals surface area contributed by atoms with Crippen LogP contribution < -0.4 is 0 Å². The summed E-state index contributed by atoms with van der Waals surface area (Å²) in [5.41, 5.74) is 0. The van der Waals surface area contributed by atoms with Gasteiger partial charge in [0.25, 0.3) is 0 Å². The average Bonchev–Trinajstić information content (AvgIpc) is 2.20. The number of hydrogen-bond donors (Lipinski definition) is 2. The van der Waals surface area contributed by atoms with Crippen molar-refractivity contribution in [2.75, 3.05) is 13.2 Å². The lowest BCUT2D eigenvalue weighted by Crippen LogP contribution is -2.45. The zero-order valence-electron chi connectivity index (χ0n) is 10.1. The molecular weight excluding hydrogens is 222 g/mol. The van der Waals surface area contributed by atoms with Gasteiger partial charge in [0.05, 0.1) is 6.61 Å². The molecule has 2 N–H and O–H groups in total. The predicted octanol–water partition coefficient (Wildman–Crippen LogP) is 1.00. The number of rotatable bonds is 8. The molecule has 0 aromatic rings. The molecule has 1 aliphatic carbocycles. The molecule has 1 amide bonds. The number of carbonyl (C=O) groups excluding carboxylic acids is 1. The number of carboxylic acids is 1. The topological polar surface area (TPSA) is 77.8 Å². The SMILES string of the molecule is O=C(O)CCCCC(=O)N(CCO)C1CCC1. The van der Waals surface area contributed by atoms with Gasteiger partial charge in [-0.25, -0.2) is 0 Å². The summed E-state index contributed by atoms with van der Waals surface area (Å²) in [6, 6.07) is 0.300. The Hall–Kier alpha value is -1.10. The van der Waals surface area contributed by atoms with Crippen molar-refractivity contribution in [1.82, 2.24) is 4.90 Å². The summed E-state index contributed by atoms with van der Waals surface area (Å²) < 4.78 is 0. The molecule has 0 unspecified atom stereocenters. The summed E-state index contributed by atoms with van der Waals surface area (Å²) in [6.45, 7) is 0.403. The quantitative estimate of drug-likeness (QED) is 0.623. The highest BCUT2D eigenvalue weighted by Crippen LogP contribution is 2.25. The van der Waals surface area contributed by atoms with Crippen molar-refractivity contribution in [1.29, 1.82) is 0 Å². The van der Waals surface area contributed by atoms with Gasteiger partial charge in [0.2, 0.25) is 5.91 Å². The van der Waals surface area contributed by atoms with Crippen LogP contribution in [0.15, 0.2) is 0 Å². The molecule has 5 nitrogen and oxygen atoms in total. The van der Waals surface area contributed by atoms with Crippen LogP contribution in [0.25, 0.3) is 0 Å². The number of aliphatic hydroxyl groups is 1. The molecule has 1 aliphatic rings. The maximum Gasteiger partial charge on any atom is 0.303 e. The summed E-state index contributed by atoms with van der Waals surface area (Å²) >= 11 is 0. The van der Waals surface area contributed by atoms with E-state index in [1.54, 1.807) is 4.90 Å². The van der Waals surface area contributed by atoms with E-state index in [4.69, 9.17) is 10.2 Å². The zero-order chi connectivity index (χ0) is 12.7. The number of aliphatic hydroxyl groups excluding tert-OH is 1. The fraction of sp³-hybridized carbons (Fsp3) is 0.833. The van der Waals surface area contributed by atoms with Crippen LogP contribution in [0, 0.1) is 0 Å². The summed E-state index contributed by atoms with van der Waals surface area (Å²) in [5.74, 6) is -0.766. The van der Waals surface area contributed by atoms with E-state index in [9.17, 15) is 9.59 Å². The van der Waals surface area contributed by atoms with E-state index >= 15 is 0 Å². The van der Waals surface area contributed by atoms with Crippen LogP contribution in [-0.4, -0.2) is 46.2 Å². The maximum atomic E-state index is 11.9. The Balaban J connectivity index is 2.24. The van der Waals surface area contributed by atoms with Crippen LogP contribution in [0.1, 0.15) is 44.9 Å². The van der Waals surface area contributed by atoms with E-state index in [0.717, 1.165) is 19.3 Å². The van der Waals surface area contributed by atoms with Gasteiger partial charge in [-0.1, -0.05) is 0 Å². The van der Waals surface area contributed by atoms with Crippen molar-refractivity contribution in [3.63, 3.8) is 0 Å². The Labute approximate surface area is 101 Å². The van der Waals surface area contributed by atoms with E-state index < -0.39 is 5.97 Å². The minimum atomic E-state index is -0.816. The van der Waals surface area contributed by atoms with Crippen molar-refractivity contribution >= 4 is 11.9 Å². The van der Waals surface area contributed by atoms with E-state index in [-0.39, 0.29) is 18.9 Å². The second-order valence-corrected chi connectivity index (χ2v) is 4.50. The third-order valence-electron chi connectivity index (χ3n) is 3.21. The smallest absolute Gasteiger partial charge is 0.303 e. The standard InChI is InChI=1S/C12H21NO4/c14-9-8-13(10-4-3-5-10)11(15)6-1-2-7-12(16)17/h10,14H,1-9H2,(H,16,17). The predicted molar refractivity (Wildman–Crippen MR) is 62.5 cm³/mol. The van der Waals surface area contributed by atoms with E-state index in [1.807, 2.05) is 0 Å². The molecular formula is C12H21NO4. The molecule has 0 saturated heterocycles. The van der Waals surface area contributed by atoms with E-state index in [0.29, 0.717) is 31.8 Å². The molecule has 98 valence electrons. The van der Waals surface area contributed by atoms with Crippen LogP contribution >= 0.6 is 0 Å². The van der Waals surface area contributed by atoms with Crippen molar-refractivity contribution in [3.05, 3.63) is 0 Å². The highest BCUT2D eigenvalue weighted by atomic mass is 16.4. The number of hydrogen-bond acceptors (Lipinski definition) is 3. The summed E-state index contributed by atoms with van der Waals surface area (Å²) in [6.07, 6.45) is 4.87. The zero-order valence-corrected chi connectivity index (χ0v) is 10.1. The third-order valence-corrected chi connectivity index (χ3v) is 3.21.